The molecule has 100 valence electrons. The average molecular weight is 304 g/mol. The largest absolute Gasteiger partial charge is 0.481 e. The van der Waals surface area contributed by atoms with Crippen molar-refractivity contribution in [3.63, 3.8) is 0 Å². The van der Waals surface area contributed by atoms with Crippen molar-refractivity contribution in [2.75, 3.05) is 0 Å². The monoisotopic (exact) mass is 303 g/mol. The van der Waals surface area contributed by atoms with Crippen molar-refractivity contribution in [1.82, 2.24) is 0 Å². The summed E-state index contributed by atoms with van der Waals surface area (Å²) >= 11 is 7.58. The predicted molar refractivity (Wildman–Crippen MR) is 78.1 cm³/mol. The quantitative estimate of drug-likeness (QED) is 0.927. The highest BCUT2D eigenvalue weighted by Gasteiger charge is 2.05. The van der Waals surface area contributed by atoms with Gasteiger partial charge >= 0.3 is 5.97 Å². The van der Waals surface area contributed by atoms with Crippen molar-refractivity contribution in [1.29, 1.82) is 5.26 Å². The molecule has 0 unspecified atom stereocenters. The molecule has 5 heteroatoms. The number of carbonyl (C=O) groups is 1. The summed E-state index contributed by atoms with van der Waals surface area (Å²) in [6.45, 7) is 0. The summed E-state index contributed by atoms with van der Waals surface area (Å²) in [7, 11) is 0. The third kappa shape index (κ3) is 3.77. The van der Waals surface area contributed by atoms with E-state index in [0.29, 0.717) is 10.6 Å². The van der Waals surface area contributed by atoms with Crippen LogP contribution in [0.5, 0.6) is 0 Å². The Bertz CT molecular complexity index is 677. The van der Waals surface area contributed by atoms with Crippen LogP contribution in [0.4, 0.5) is 0 Å². The first-order chi connectivity index (χ1) is 9.58. The number of aliphatic carboxylic acids is 1. The molecule has 0 amide bonds. The second-order valence-corrected chi connectivity index (χ2v) is 5.60. The molecule has 0 saturated heterocycles. The molecule has 0 bridgehead atoms. The zero-order valence-electron chi connectivity index (χ0n) is 10.3. The van der Waals surface area contributed by atoms with Crippen LogP contribution in [0.3, 0.4) is 0 Å². The van der Waals surface area contributed by atoms with Gasteiger partial charge in [0, 0.05) is 9.79 Å². The Hall–Kier alpha value is -1.96. The van der Waals surface area contributed by atoms with Crippen molar-refractivity contribution in [2.45, 2.75) is 16.2 Å². The maximum Gasteiger partial charge on any atom is 0.307 e. The van der Waals surface area contributed by atoms with Crippen LogP contribution in [0, 0.1) is 11.3 Å². The molecular formula is C15H10ClNO2S. The standard InChI is InChI=1S/C15H10ClNO2S/c16-13-7-11(9-17)3-6-14(13)20-12-4-1-10(2-5-12)8-15(18)19/h1-7H,8H2,(H,18,19). The topological polar surface area (TPSA) is 61.1 Å². The third-order valence-electron chi connectivity index (χ3n) is 2.57. The first-order valence-electron chi connectivity index (χ1n) is 5.77. The highest BCUT2D eigenvalue weighted by Crippen LogP contribution is 2.33. The lowest BCUT2D eigenvalue weighted by Gasteiger charge is -2.05. The van der Waals surface area contributed by atoms with E-state index in [4.69, 9.17) is 22.0 Å². The molecule has 2 aromatic carbocycles. The smallest absolute Gasteiger partial charge is 0.307 e. The minimum Gasteiger partial charge on any atom is -0.481 e. The summed E-state index contributed by atoms with van der Waals surface area (Å²) in [5, 5.41) is 18.0. The van der Waals surface area contributed by atoms with Gasteiger partial charge < -0.3 is 5.11 Å². The molecule has 0 aliphatic carbocycles. The van der Waals surface area contributed by atoms with Gasteiger partial charge in [-0.25, -0.2) is 0 Å². The van der Waals surface area contributed by atoms with Gasteiger partial charge in [0.1, 0.15) is 0 Å². The van der Waals surface area contributed by atoms with Gasteiger partial charge in [-0.2, -0.15) is 5.26 Å². The molecule has 0 aliphatic rings. The third-order valence-corrected chi connectivity index (χ3v) is 4.08. The summed E-state index contributed by atoms with van der Waals surface area (Å²) in [4.78, 5) is 12.4. The number of hydrogen-bond acceptors (Lipinski definition) is 3. The number of nitriles is 1. The summed E-state index contributed by atoms with van der Waals surface area (Å²) < 4.78 is 0. The van der Waals surface area contributed by atoms with E-state index in [2.05, 4.69) is 0 Å². The molecule has 0 radical (unpaired) electrons. The number of rotatable bonds is 4. The van der Waals surface area contributed by atoms with Gasteiger partial charge in [0.2, 0.25) is 0 Å². The summed E-state index contributed by atoms with van der Waals surface area (Å²) in [6.07, 6.45) is 0.0164. The van der Waals surface area contributed by atoms with Crippen LogP contribution in [-0.4, -0.2) is 11.1 Å². The molecule has 1 N–H and O–H groups in total. The van der Waals surface area contributed by atoms with Crippen LogP contribution in [0.1, 0.15) is 11.1 Å². The Morgan fingerprint density at radius 3 is 2.50 bits per heavy atom. The zero-order valence-corrected chi connectivity index (χ0v) is 11.9. The lowest BCUT2D eigenvalue weighted by molar-refractivity contribution is -0.136. The summed E-state index contributed by atoms with van der Waals surface area (Å²) in [5.74, 6) is -0.847. The molecule has 2 aromatic rings. The second kappa shape index (κ2) is 6.47. The molecule has 0 saturated carbocycles. The predicted octanol–water partition coefficient (Wildman–Crippen LogP) is 3.99. The first-order valence-corrected chi connectivity index (χ1v) is 6.96. The number of benzene rings is 2. The van der Waals surface area contributed by atoms with Crippen LogP contribution >= 0.6 is 23.4 Å². The van der Waals surface area contributed by atoms with Crippen LogP contribution in [0.2, 0.25) is 5.02 Å². The maximum absolute atomic E-state index is 10.6. The van der Waals surface area contributed by atoms with Crippen molar-refractivity contribution in [2.24, 2.45) is 0 Å². The van der Waals surface area contributed by atoms with E-state index in [-0.39, 0.29) is 6.42 Å². The Morgan fingerprint density at radius 1 is 1.25 bits per heavy atom. The van der Waals surface area contributed by atoms with Gasteiger partial charge in [-0.15, -0.1) is 0 Å². The maximum atomic E-state index is 10.6. The molecule has 3 nitrogen and oxygen atoms in total. The number of hydrogen-bond donors (Lipinski definition) is 1. The van der Waals surface area contributed by atoms with Crippen LogP contribution in [-0.2, 0) is 11.2 Å². The first kappa shape index (κ1) is 14.4. The SMILES string of the molecule is N#Cc1ccc(Sc2ccc(CC(=O)O)cc2)c(Cl)c1. The van der Waals surface area contributed by atoms with E-state index in [1.165, 1.54) is 11.8 Å². The lowest BCUT2D eigenvalue weighted by Crippen LogP contribution is -1.99. The highest BCUT2D eigenvalue weighted by atomic mass is 35.5. The number of nitrogens with zero attached hydrogens (tertiary/aromatic N) is 1. The molecule has 0 aromatic heterocycles. The Labute approximate surface area is 125 Å². The van der Waals surface area contributed by atoms with Crippen LogP contribution < -0.4 is 0 Å². The van der Waals surface area contributed by atoms with Crippen molar-refractivity contribution < 1.29 is 9.90 Å². The number of carboxylic acids is 1. The van der Waals surface area contributed by atoms with E-state index in [1.54, 1.807) is 30.3 Å². The van der Waals surface area contributed by atoms with E-state index in [0.717, 1.165) is 15.4 Å². The van der Waals surface area contributed by atoms with E-state index >= 15 is 0 Å². The Kier molecular flexibility index (Phi) is 4.67. The number of carboxylic acid groups (broad SMARTS) is 1. The molecule has 20 heavy (non-hydrogen) atoms. The van der Waals surface area contributed by atoms with Crippen molar-refractivity contribution >= 4 is 29.3 Å². The van der Waals surface area contributed by atoms with Gasteiger partial charge in [-0.1, -0.05) is 35.5 Å². The van der Waals surface area contributed by atoms with Crippen LogP contribution in [0.25, 0.3) is 0 Å². The molecule has 0 heterocycles. The van der Waals surface area contributed by atoms with Crippen molar-refractivity contribution in [3.8, 4) is 6.07 Å². The molecular weight excluding hydrogens is 294 g/mol. The normalized spacial score (nSPS) is 10.0. The average Bonchev–Trinajstić information content (AvgIpc) is 2.42. The van der Waals surface area contributed by atoms with Gasteiger partial charge in [0.25, 0.3) is 0 Å². The minimum atomic E-state index is -0.847. The van der Waals surface area contributed by atoms with Gasteiger partial charge in [0.05, 0.1) is 23.1 Å². The zero-order chi connectivity index (χ0) is 14.5. The van der Waals surface area contributed by atoms with E-state index in [9.17, 15) is 4.79 Å². The fourth-order valence-corrected chi connectivity index (χ4v) is 2.74. The minimum absolute atomic E-state index is 0.0164. The highest BCUT2D eigenvalue weighted by molar-refractivity contribution is 7.99. The molecule has 2 rings (SSSR count). The molecule has 0 fully saturated rings. The van der Waals surface area contributed by atoms with E-state index in [1.807, 2.05) is 18.2 Å². The van der Waals surface area contributed by atoms with Crippen molar-refractivity contribution in [3.05, 3.63) is 58.6 Å². The lowest BCUT2D eigenvalue weighted by atomic mass is 10.2. The second-order valence-electron chi connectivity index (χ2n) is 4.07. The fraction of sp³-hybridized carbons (Fsp3) is 0.0667. The Morgan fingerprint density at radius 2 is 1.95 bits per heavy atom. The molecule has 0 atom stereocenters. The molecule has 0 aliphatic heterocycles. The summed E-state index contributed by atoms with van der Waals surface area (Å²) in [5.41, 5.74) is 1.28. The van der Waals surface area contributed by atoms with E-state index < -0.39 is 5.97 Å². The fourth-order valence-electron chi connectivity index (χ4n) is 1.63. The van der Waals surface area contributed by atoms with Crippen LogP contribution in [0.15, 0.2) is 52.3 Å². The van der Waals surface area contributed by atoms with Gasteiger partial charge in [-0.05, 0) is 35.9 Å². The van der Waals surface area contributed by atoms with Gasteiger partial charge in [0.15, 0.2) is 0 Å². The molecule has 0 spiro atoms. The van der Waals surface area contributed by atoms with Gasteiger partial charge in [-0.3, -0.25) is 4.79 Å². The summed E-state index contributed by atoms with van der Waals surface area (Å²) in [6, 6.07) is 14.5. The Balaban J connectivity index is 2.14. The number of halogens is 1.